The zero-order valence-corrected chi connectivity index (χ0v) is 19.1. The first-order valence-electron chi connectivity index (χ1n) is 9.81. The molecule has 1 atom stereocenters. The van der Waals surface area contributed by atoms with E-state index in [1.54, 1.807) is 44.7 Å². The van der Waals surface area contributed by atoms with E-state index in [0.29, 0.717) is 35.3 Å². The summed E-state index contributed by atoms with van der Waals surface area (Å²) in [6, 6.07) is 3.98. The molecule has 0 radical (unpaired) electrons. The summed E-state index contributed by atoms with van der Waals surface area (Å²) in [7, 11) is 0. The highest BCUT2D eigenvalue weighted by Gasteiger charge is 2.26. The normalized spacial score (nSPS) is 12.5. The molecule has 0 saturated heterocycles. The number of rotatable bonds is 7. The fourth-order valence-corrected chi connectivity index (χ4v) is 3.41. The van der Waals surface area contributed by atoms with Crippen molar-refractivity contribution < 1.29 is 23.5 Å². The smallest absolute Gasteiger partial charge is 0.408 e. The molecule has 2 aromatic rings. The van der Waals surface area contributed by atoms with Crippen LogP contribution in [0.3, 0.4) is 0 Å². The van der Waals surface area contributed by atoms with Crippen LogP contribution in [-0.4, -0.2) is 35.7 Å². The molecule has 8 heteroatoms. The second-order valence-electron chi connectivity index (χ2n) is 7.98. The van der Waals surface area contributed by atoms with Crippen molar-refractivity contribution in [2.24, 2.45) is 0 Å². The number of fused-ring (bicyclic) bond motifs is 1. The molecule has 0 aliphatic carbocycles. The summed E-state index contributed by atoms with van der Waals surface area (Å²) < 4.78 is 16.3. The van der Waals surface area contributed by atoms with Gasteiger partial charge in [-0.2, -0.15) is 11.8 Å². The summed E-state index contributed by atoms with van der Waals surface area (Å²) in [5, 5.41) is 3.19. The minimum atomic E-state index is -0.872. The first-order chi connectivity index (χ1) is 14.0. The van der Waals surface area contributed by atoms with Gasteiger partial charge in [-0.1, -0.05) is 6.92 Å². The second kappa shape index (κ2) is 10.0. The number of amides is 1. The molecule has 1 aromatic heterocycles. The van der Waals surface area contributed by atoms with Gasteiger partial charge >= 0.3 is 17.7 Å². The van der Waals surface area contributed by atoms with Crippen molar-refractivity contribution in [3.63, 3.8) is 0 Å². The van der Waals surface area contributed by atoms with Crippen LogP contribution in [0.15, 0.2) is 27.4 Å². The van der Waals surface area contributed by atoms with E-state index >= 15 is 0 Å². The average molecular weight is 436 g/mol. The fraction of sp³-hybridized carbons (Fsp3) is 0.500. The maximum absolute atomic E-state index is 12.9. The number of aryl methyl sites for hydroxylation is 2. The van der Waals surface area contributed by atoms with Crippen LogP contribution in [0.2, 0.25) is 0 Å². The molecular weight excluding hydrogens is 406 g/mol. The summed E-state index contributed by atoms with van der Waals surface area (Å²) in [6.45, 7) is 8.98. The van der Waals surface area contributed by atoms with Crippen LogP contribution in [0, 0.1) is 6.92 Å². The maximum atomic E-state index is 12.9. The van der Waals surface area contributed by atoms with E-state index in [4.69, 9.17) is 13.9 Å². The number of thioether (sulfide) groups is 1. The predicted octanol–water partition coefficient (Wildman–Crippen LogP) is 4.22. The quantitative estimate of drug-likeness (QED) is 0.395. The third-order valence-corrected chi connectivity index (χ3v) is 4.86. The molecule has 1 N–H and O–H groups in total. The van der Waals surface area contributed by atoms with Gasteiger partial charge in [0.2, 0.25) is 0 Å². The minimum absolute atomic E-state index is 0.302. The van der Waals surface area contributed by atoms with E-state index in [2.05, 4.69) is 5.32 Å². The first kappa shape index (κ1) is 23.8. The fourth-order valence-electron chi connectivity index (χ4n) is 2.94. The Labute approximate surface area is 180 Å². The Balaban J connectivity index is 2.35. The lowest BCUT2D eigenvalue weighted by Gasteiger charge is -2.23. The number of alkyl carbamates (subject to hydrolysis) is 1. The lowest BCUT2D eigenvalue weighted by Crippen LogP contribution is -2.45. The van der Waals surface area contributed by atoms with Gasteiger partial charge in [0.05, 0.1) is 5.39 Å². The van der Waals surface area contributed by atoms with Gasteiger partial charge in [-0.15, -0.1) is 0 Å². The molecule has 0 bridgehead atoms. The van der Waals surface area contributed by atoms with Crippen LogP contribution in [0.4, 0.5) is 4.79 Å². The first-order valence-corrected chi connectivity index (χ1v) is 11.2. The van der Waals surface area contributed by atoms with Gasteiger partial charge in [0, 0.05) is 6.07 Å². The summed E-state index contributed by atoms with van der Waals surface area (Å²) >= 11 is 1.56. The van der Waals surface area contributed by atoms with Gasteiger partial charge in [0.15, 0.2) is 0 Å². The number of ether oxygens (including phenoxy) is 2. The number of carbonyl (C=O) groups is 2. The zero-order chi connectivity index (χ0) is 22.5. The molecule has 0 spiro atoms. The Morgan fingerprint density at radius 2 is 1.93 bits per heavy atom. The summed E-state index contributed by atoms with van der Waals surface area (Å²) in [5.74, 6) is 0.352. The molecule has 0 saturated carbocycles. The van der Waals surface area contributed by atoms with Gasteiger partial charge in [-0.25, -0.2) is 14.4 Å². The van der Waals surface area contributed by atoms with Crippen LogP contribution >= 0.6 is 11.8 Å². The minimum Gasteiger partial charge on any atom is -0.444 e. The average Bonchev–Trinajstić information content (AvgIpc) is 2.62. The number of benzene rings is 1. The Bertz CT molecular complexity index is 976. The van der Waals surface area contributed by atoms with Gasteiger partial charge in [0.1, 0.15) is 23.0 Å². The second-order valence-corrected chi connectivity index (χ2v) is 8.97. The summed E-state index contributed by atoms with van der Waals surface area (Å²) in [5.41, 5.74) is 0.736. The Morgan fingerprint density at radius 3 is 2.53 bits per heavy atom. The van der Waals surface area contributed by atoms with E-state index in [0.717, 1.165) is 11.1 Å². The molecule has 0 unspecified atom stereocenters. The predicted molar refractivity (Wildman–Crippen MR) is 118 cm³/mol. The number of hydrogen-bond donors (Lipinski definition) is 1. The van der Waals surface area contributed by atoms with Gasteiger partial charge in [0.25, 0.3) is 0 Å². The Morgan fingerprint density at radius 1 is 1.23 bits per heavy atom. The molecule has 1 amide bonds. The number of esters is 1. The highest BCUT2D eigenvalue weighted by molar-refractivity contribution is 7.98. The van der Waals surface area contributed by atoms with Crippen molar-refractivity contribution in [1.82, 2.24) is 5.32 Å². The van der Waals surface area contributed by atoms with E-state index in [1.165, 1.54) is 6.07 Å². The van der Waals surface area contributed by atoms with Crippen molar-refractivity contribution >= 4 is 34.8 Å². The molecule has 30 heavy (non-hydrogen) atoms. The molecule has 1 heterocycles. The maximum Gasteiger partial charge on any atom is 0.408 e. The van der Waals surface area contributed by atoms with Crippen LogP contribution < -0.4 is 15.7 Å². The van der Waals surface area contributed by atoms with Crippen molar-refractivity contribution in [2.75, 3.05) is 12.0 Å². The molecule has 164 valence electrons. The highest BCUT2D eigenvalue weighted by Crippen LogP contribution is 2.30. The summed E-state index contributed by atoms with van der Waals surface area (Å²) in [6.07, 6.45) is 2.19. The van der Waals surface area contributed by atoms with Gasteiger partial charge in [-0.05, 0) is 75.8 Å². The molecule has 2 rings (SSSR count). The standard InChI is InChI=1S/C22H29NO6S/c1-7-14-12-18(24)27-16-10-13(2)11-17(19(14)16)28-20(25)15(8-9-30-6)23-21(26)29-22(3,4)5/h10-12,15H,7-9H2,1-6H3,(H,23,26)/t15-/m0/s1. The van der Waals surface area contributed by atoms with Crippen molar-refractivity contribution in [2.45, 2.75) is 59.1 Å². The van der Waals surface area contributed by atoms with Crippen molar-refractivity contribution in [3.8, 4) is 5.75 Å². The highest BCUT2D eigenvalue weighted by atomic mass is 32.2. The monoisotopic (exact) mass is 435 g/mol. The number of nitrogens with one attached hydrogen (secondary N) is 1. The molecule has 0 aliphatic rings. The molecular formula is C22H29NO6S. The Kier molecular flexibility index (Phi) is 7.95. The van der Waals surface area contributed by atoms with Crippen molar-refractivity contribution in [3.05, 3.63) is 39.7 Å². The largest absolute Gasteiger partial charge is 0.444 e. The van der Waals surface area contributed by atoms with E-state index in [1.807, 2.05) is 20.1 Å². The summed E-state index contributed by atoms with van der Waals surface area (Å²) in [4.78, 5) is 37.0. The van der Waals surface area contributed by atoms with Crippen molar-refractivity contribution in [1.29, 1.82) is 0 Å². The van der Waals surface area contributed by atoms with Crippen LogP contribution in [0.25, 0.3) is 11.0 Å². The number of hydrogen-bond acceptors (Lipinski definition) is 7. The van der Waals surface area contributed by atoms with E-state index in [-0.39, 0.29) is 0 Å². The zero-order valence-electron chi connectivity index (χ0n) is 18.3. The van der Waals surface area contributed by atoms with Crippen LogP contribution in [0.1, 0.15) is 45.2 Å². The number of carbonyl (C=O) groups excluding carboxylic acids is 2. The molecule has 1 aromatic carbocycles. The molecule has 0 aliphatic heterocycles. The van der Waals surface area contributed by atoms with Gasteiger partial charge in [-0.3, -0.25) is 0 Å². The lowest BCUT2D eigenvalue weighted by molar-refractivity contribution is -0.136. The Hall–Kier alpha value is -2.48. The third kappa shape index (κ3) is 6.52. The van der Waals surface area contributed by atoms with Crippen LogP contribution in [-0.2, 0) is 16.0 Å². The van der Waals surface area contributed by atoms with E-state index < -0.39 is 29.3 Å². The third-order valence-electron chi connectivity index (χ3n) is 4.21. The SMILES string of the molecule is CCc1cc(=O)oc2cc(C)cc(OC(=O)[C@H](CCSC)NC(=O)OC(C)(C)C)c12. The topological polar surface area (TPSA) is 94.8 Å². The molecule has 0 fully saturated rings. The van der Waals surface area contributed by atoms with Gasteiger partial charge < -0.3 is 19.2 Å². The van der Waals surface area contributed by atoms with Crippen LogP contribution in [0.5, 0.6) is 5.75 Å². The molecule has 7 nitrogen and oxygen atoms in total. The lowest BCUT2D eigenvalue weighted by atomic mass is 10.0. The van der Waals surface area contributed by atoms with E-state index in [9.17, 15) is 14.4 Å².